The molecule has 2 aliphatic rings. The van der Waals surface area contributed by atoms with Crippen molar-refractivity contribution in [3.05, 3.63) is 58.1 Å². The Morgan fingerprint density at radius 2 is 1.76 bits per heavy atom. The van der Waals surface area contributed by atoms with Gasteiger partial charge in [0.25, 0.3) is 21.6 Å². The molecule has 1 amide bonds. The second-order valence-electron chi connectivity index (χ2n) is 8.14. The highest BCUT2D eigenvalue weighted by Gasteiger charge is 2.23. The van der Waals surface area contributed by atoms with Crippen LogP contribution in [0.2, 0.25) is 0 Å². The van der Waals surface area contributed by atoms with E-state index in [0.29, 0.717) is 23.6 Å². The number of anilines is 2. The zero-order valence-electron chi connectivity index (χ0n) is 18.2. The van der Waals surface area contributed by atoms with E-state index in [1.54, 1.807) is 6.07 Å². The molecule has 11 heteroatoms. The summed E-state index contributed by atoms with van der Waals surface area (Å²) >= 11 is 0. The Balaban J connectivity index is 1.55. The lowest BCUT2D eigenvalue weighted by atomic mass is 10.1. The van der Waals surface area contributed by atoms with Crippen LogP contribution in [0.4, 0.5) is 17.1 Å². The van der Waals surface area contributed by atoms with Gasteiger partial charge in [-0.3, -0.25) is 14.9 Å². The van der Waals surface area contributed by atoms with Crippen LogP contribution in [-0.2, 0) is 10.0 Å². The van der Waals surface area contributed by atoms with E-state index < -0.39 is 20.9 Å². The predicted molar refractivity (Wildman–Crippen MR) is 125 cm³/mol. The molecule has 0 radical (unpaired) electrons. The molecule has 2 saturated heterocycles. The molecule has 2 heterocycles. The van der Waals surface area contributed by atoms with Crippen LogP contribution in [0.3, 0.4) is 0 Å². The van der Waals surface area contributed by atoms with Crippen molar-refractivity contribution >= 4 is 38.8 Å². The fraction of sp³-hybridized carbons (Fsp3) is 0.364. The Morgan fingerprint density at radius 3 is 2.36 bits per heavy atom. The highest BCUT2D eigenvalue weighted by atomic mass is 32.2. The molecule has 0 unspecified atom stereocenters. The van der Waals surface area contributed by atoms with Gasteiger partial charge in [-0.15, -0.1) is 4.40 Å². The minimum atomic E-state index is -3.85. The van der Waals surface area contributed by atoms with Crippen molar-refractivity contribution in [1.82, 2.24) is 4.90 Å². The van der Waals surface area contributed by atoms with Gasteiger partial charge in [-0.25, -0.2) is 0 Å². The van der Waals surface area contributed by atoms with E-state index in [9.17, 15) is 23.3 Å². The summed E-state index contributed by atoms with van der Waals surface area (Å²) < 4.78 is 29.2. The number of sulfonamides is 1. The van der Waals surface area contributed by atoms with E-state index in [0.717, 1.165) is 38.9 Å². The molecule has 0 aliphatic carbocycles. The van der Waals surface area contributed by atoms with Gasteiger partial charge in [0.15, 0.2) is 0 Å². The number of rotatable bonds is 6. The third-order valence-electron chi connectivity index (χ3n) is 5.85. The molecule has 2 aliphatic heterocycles. The molecule has 2 fully saturated rings. The molecule has 2 aromatic carbocycles. The molecule has 0 saturated carbocycles. The Kier molecular flexibility index (Phi) is 6.32. The highest BCUT2D eigenvalue weighted by molar-refractivity contribution is 7.90. The van der Waals surface area contributed by atoms with Gasteiger partial charge in [0, 0.05) is 50.9 Å². The summed E-state index contributed by atoms with van der Waals surface area (Å²) in [6, 6.07) is 10.0. The molecule has 0 spiro atoms. The number of carbonyl (C=O) groups excluding carboxylic acids is 1. The largest absolute Gasteiger partial charge is 0.371 e. The van der Waals surface area contributed by atoms with Crippen molar-refractivity contribution in [3.63, 3.8) is 0 Å². The van der Waals surface area contributed by atoms with Gasteiger partial charge in [0.1, 0.15) is 5.84 Å². The van der Waals surface area contributed by atoms with Crippen LogP contribution >= 0.6 is 0 Å². The zero-order valence-corrected chi connectivity index (χ0v) is 19.0. The quantitative estimate of drug-likeness (QED) is 0.506. The van der Waals surface area contributed by atoms with Crippen LogP contribution in [0, 0.1) is 10.1 Å². The van der Waals surface area contributed by atoms with Gasteiger partial charge >= 0.3 is 0 Å². The standard InChI is InChI=1S/C22H25N5O5S/c1-25-12-4-5-21(25)24-33(31,32)18-9-6-16(7-10-18)23-22(28)19-15-17(27(29)30)8-11-20(19)26-13-2-3-14-26/h6-11,15H,2-5,12-14H2,1H3,(H,23,28). The van der Waals surface area contributed by atoms with E-state index in [1.807, 2.05) is 16.8 Å². The minimum absolute atomic E-state index is 0.0291. The van der Waals surface area contributed by atoms with Crippen LogP contribution in [0.15, 0.2) is 51.8 Å². The molecule has 0 aromatic heterocycles. The lowest BCUT2D eigenvalue weighted by molar-refractivity contribution is -0.384. The third kappa shape index (κ3) is 4.98. The van der Waals surface area contributed by atoms with Gasteiger partial charge < -0.3 is 15.1 Å². The summed E-state index contributed by atoms with van der Waals surface area (Å²) in [7, 11) is -2.05. The first-order valence-electron chi connectivity index (χ1n) is 10.7. The molecular formula is C22H25N5O5S. The maximum atomic E-state index is 13.0. The smallest absolute Gasteiger partial charge is 0.283 e. The lowest BCUT2D eigenvalue weighted by Crippen LogP contribution is -2.23. The molecular weight excluding hydrogens is 446 g/mol. The van der Waals surface area contributed by atoms with Crippen LogP contribution in [0.5, 0.6) is 0 Å². The fourth-order valence-corrected chi connectivity index (χ4v) is 5.16. The van der Waals surface area contributed by atoms with E-state index >= 15 is 0 Å². The molecule has 4 rings (SSSR count). The average molecular weight is 472 g/mol. The molecule has 174 valence electrons. The number of hydrogen-bond acceptors (Lipinski definition) is 6. The van der Waals surface area contributed by atoms with Gasteiger partial charge in [-0.1, -0.05) is 0 Å². The number of non-ortho nitro benzene ring substituents is 1. The average Bonchev–Trinajstić information content (AvgIpc) is 3.46. The normalized spacial score (nSPS) is 17.5. The number of nitrogens with one attached hydrogen (secondary N) is 1. The number of amidine groups is 1. The van der Waals surface area contributed by atoms with Crippen LogP contribution in [-0.4, -0.2) is 56.7 Å². The summed E-state index contributed by atoms with van der Waals surface area (Å²) in [5, 5.41) is 14.0. The van der Waals surface area contributed by atoms with Crippen molar-refractivity contribution < 1.29 is 18.1 Å². The highest BCUT2D eigenvalue weighted by Crippen LogP contribution is 2.29. The van der Waals surface area contributed by atoms with Gasteiger partial charge in [0.05, 0.1) is 21.1 Å². The van der Waals surface area contributed by atoms with Crippen LogP contribution < -0.4 is 10.2 Å². The second kappa shape index (κ2) is 9.18. The molecule has 0 atom stereocenters. The Morgan fingerprint density at radius 1 is 1.06 bits per heavy atom. The summed E-state index contributed by atoms with van der Waals surface area (Å²) in [5.74, 6) is 0.0384. The zero-order chi connectivity index (χ0) is 23.6. The van der Waals surface area contributed by atoms with Crippen LogP contribution in [0.1, 0.15) is 36.0 Å². The van der Waals surface area contributed by atoms with Crippen molar-refractivity contribution in [2.24, 2.45) is 4.40 Å². The van der Waals surface area contributed by atoms with Gasteiger partial charge in [0.2, 0.25) is 0 Å². The summed E-state index contributed by atoms with van der Waals surface area (Å²) in [5.41, 5.74) is 1.06. The summed E-state index contributed by atoms with van der Waals surface area (Å²) in [4.78, 5) is 27.6. The fourth-order valence-electron chi connectivity index (χ4n) is 4.06. The lowest BCUT2D eigenvalue weighted by Gasteiger charge is -2.21. The van der Waals surface area contributed by atoms with Crippen molar-refractivity contribution in [2.45, 2.75) is 30.6 Å². The number of hydrogen-bond donors (Lipinski definition) is 1. The number of likely N-dealkylation sites (tertiary alicyclic amines) is 1. The first-order chi connectivity index (χ1) is 15.7. The van der Waals surface area contributed by atoms with Crippen molar-refractivity contribution in [3.8, 4) is 0 Å². The SMILES string of the molecule is CN1CCCC1=NS(=O)(=O)c1ccc(NC(=O)c2cc([N+](=O)[O-])ccc2N2CCCC2)cc1. The molecule has 2 aromatic rings. The molecule has 33 heavy (non-hydrogen) atoms. The van der Waals surface area contributed by atoms with E-state index in [2.05, 4.69) is 9.71 Å². The Bertz CT molecular complexity index is 1200. The minimum Gasteiger partial charge on any atom is -0.371 e. The Labute approximate surface area is 192 Å². The summed E-state index contributed by atoms with van der Waals surface area (Å²) in [6.07, 6.45) is 3.47. The molecule has 0 bridgehead atoms. The van der Waals surface area contributed by atoms with Gasteiger partial charge in [-0.2, -0.15) is 8.42 Å². The first kappa shape index (κ1) is 22.7. The summed E-state index contributed by atoms with van der Waals surface area (Å²) in [6.45, 7) is 2.33. The topological polar surface area (TPSA) is 125 Å². The Hall–Kier alpha value is -3.47. The van der Waals surface area contributed by atoms with Crippen molar-refractivity contribution in [1.29, 1.82) is 0 Å². The van der Waals surface area contributed by atoms with E-state index in [1.165, 1.54) is 36.4 Å². The monoisotopic (exact) mass is 471 g/mol. The number of nitro groups is 1. The number of benzene rings is 2. The maximum absolute atomic E-state index is 13.0. The number of nitro benzene ring substituents is 1. The van der Waals surface area contributed by atoms with Crippen LogP contribution in [0.25, 0.3) is 0 Å². The predicted octanol–water partition coefficient (Wildman–Crippen LogP) is 3.26. The molecule has 10 nitrogen and oxygen atoms in total. The molecule has 1 N–H and O–H groups in total. The first-order valence-corrected chi connectivity index (χ1v) is 12.2. The van der Waals surface area contributed by atoms with Crippen molar-refractivity contribution in [2.75, 3.05) is 36.9 Å². The second-order valence-corrected chi connectivity index (χ2v) is 9.74. The number of amides is 1. The number of nitrogens with zero attached hydrogens (tertiary/aromatic N) is 4. The van der Waals surface area contributed by atoms with E-state index in [-0.39, 0.29) is 16.1 Å². The maximum Gasteiger partial charge on any atom is 0.283 e. The third-order valence-corrected chi connectivity index (χ3v) is 7.17. The van der Waals surface area contributed by atoms with Gasteiger partial charge in [-0.05, 0) is 49.6 Å². The number of carbonyl (C=O) groups is 1. The van der Waals surface area contributed by atoms with E-state index in [4.69, 9.17) is 0 Å².